The first-order chi connectivity index (χ1) is 16.2. The number of phenols is 1. The fraction of sp³-hybridized carbons (Fsp3) is 0.435. The number of ketones is 2. The van der Waals surface area contributed by atoms with Crippen LogP contribution in [0.3, 0.4) is 0 Å². The highest BCUT2D eigenvalue weighted by Crippen LogP contribution is 2.55. The van der Waals surface area contributed by atoms with Gasteiger partial charge in [0.25, 0.3) is 5.91 Å². The van der Waals surface area contributed by atoms with E-state index in [1.165, 1.54) is 4.90 Å². The van der Waals surface area contributed by atoms with Gasteiger partial charge in [-0.1, -0.05) is 0 Å². The van der Waals surface area contributed by atoms with Crippen LogP contribution in [0.2, 0.25) is 0 Å². The molecule has 0 spiro atoms. The van der Waals surface area contributed by atoms with Crippen molar-refractivity contribution in [2.75, 3.05) is 38.8 Å². The Labute approximate surface area is 214 Å². The predicted molar refractivity (Wildman–Crippen MR) is 136 cm³/mol. The Kier molecular flexibility index (Phi) is 5.84. The van der Waals surface area contributed by atoms with Gasteiger partial charge in [0.1, 0.15) is 17.1 Å². The summed E-state index contributed by atoms with van der Waals surface area (Å²) in [5, 5.41) is 44.5. The van der Waals surface area contributed by atoms with Gasteiger partial charge >= 0.3 is 0 Å². The molecule has 3 aliphatic carbocycles. The second-order valence-corrected chi connectivity index (χ2v) is 10.7. The standard InChI is InChI=1S/C23H27IN4O7/c1-27(2)15-8-5-7-6-9-16(28(3)4)19(31)12(22(26)34)21(33)23(9,35)20(32)10(7)17(29)11(8)18(30)14(25)13(15)24/h7,9,16,29-30,33,35H,5-6,25H2,1-4H3,(H2,26,34). The van der Waals surface area contributed by atoms with Crippen LogP contribution in [-0.4, -0.2) is 82.6 Å². The number of aliphatic hydroxyl groups excluding tert-OH is 2. The highest BCUT2D eigenvalue weighted by atomic mass is 127. The fourth-order valence-corrected chi connectivity index (χ4v) is 6.88. The normalized spacial score (nSPS) is 28.1. The molecule has 1 amide bonds. The number of carbonyl (C=O) groups is 3. The maximum absolute atomic E-state index is 13.8. The smallest absolute Gasteiger partial charge is 0.255 e. The van der Waals surface area contributed by atoms with Gasteiger partial charge in [-0.25, -0.2) is 0 Å². The van der Waals surface area contributed by atoms with Crippen LogP contribution in [0, 0.1) is 15.4 Å². The van der Waals surface area contributed by atoms with Gasteiger partial charge in [-0.3, -0.25) is 19.3 Å². The van der Waals surface area contributed by atoms with Crippen LogP contribution in [-0.2, 0) is 20.8 Å². The number of amides is 1. The molecule has 1 saturated carbocycles. The molecule has 8 N–H and O–H groups in total. The average molecular weight is 598 g/mol. The zero-order valence-electron chi connectivity index (χ0n) is 19.6. The molecule has 35 heavy (non-hydrogen) atoms. The molecular formula is C23H27IN4O7. The van der Waals surface area contributed by atoms with Crippen LogP contribution in [0.1, 0.15) is 17.5 Å². The summed E-state index contributed by atoms with van der Waals surface area (Å²) in [7, 11) is 6.68. The first-order valence-corrected chi connectivity index (χ1v) is 11.9. The summed E-state index contributed by atoms with van der Waals surface area (Å²) in [6.07, 6.45) is 0.228. The number of hydrogen-bond donors (Lipinski definition) is 6. The molecule has 0 bridgehead atoms. The lowest BCUT2D eigenvalue weighted by Crippen LogP contribution is -2.65. The maximum atomic E-state index is 13.8. The van der Waals surface area contributed by atoms with Crippen molar-refractivity contribution in [1.82, 2.24) is 4.90 Å². The van der Waals surface area contributed by atoms with Crippen LogP contribution in [0.5, 0.6) is 5.75 Å². The van der Waals surface area contributed by atoms with E-state index in [0.717, 1.165) is 0 Å². The molecular weight excluding hydrogens is 571 g/mol. The van der Waals surface area contributed by atoms with Crippen molar-refractivity contribution in [3.05, 3.63) is 31.6 Å². The molecule has 0 aliphatic heterocycles. The van der Waals surface area contributed by atoms with Gasteiger partial charge in [0.05, 0.1) is 26.6 Å². The maximum Gasteiger partial charge on any atom is 0.255 e. The molecule has 0 saturated heterocycles. The quantitative estimate of drug-likeness (QED) is 0.121. The molecule has 3 aliphatic rings. The van der Waals surface area contributed by atoms with Gasteiger partial charge in [-0.15, -0.1) is 0 Å². The molecule has 188 valence electrons. The molecule has 11 nitrogen and oxygen atoms in total. The Morgan fingerprint density at radius 1 is 1.14 bits per heavy atom. The van der Waals surface area contributed by atoms with E-state index in [1.54, 1.807) is 33.1 Å². The van der Waals surface area contributed by atoms with Gasteiger partial charge in [0.15, 0.2) is 17.1 Å². The zero-order valence-corrected chi connectivity index (χ0v) is 21.7. The summed E-state index contributed by atoms with van der Waals surface area (Å²) in [6.45, 7) is 0. The van der Waals surface area contributed by atoms with E-state index in [4.69, 9.17) is 11.5 Å². The number of halogens is 1. The highest BCUT2D eigenvalue weighted by molar-refractivity contribution is 14.1. The van der Waals surface area contributed by atoms with E-state index < -0.39 is 63.8 Å². The van der Waals surface area contributed by atoms with Crippen molar-refractivity contribution in [1.29, 1.82) is 0 Å². The van der Waals surface area contributed by atoms with Crippen molar-refractivity contribution < 1.29 is 34.8 Å². The number of benzene rings is 1. The monoisotopic (exact) mass is 598 g/mol. The van der Waals surface area contributed by atoms with Gasteiger partial charge < -0.3 is 36.8 Å². The topological polar surface area (TPSA) is 191 Å². The molecule has 0 radical (unpaired) electrons. The minimum Gasteiger partial charge on any atom is -0.508 e. The Morgan fingerprint density at radius 3 is 2.26 bits per heavy atom. The average Bonchev–Trinajstić information content (AvgIpc) is 2.74. The molecule has 4 atom stereocenters. The fourth-order valence-electron chi connectivity index (χ4n) is 5.81. The largest absolute Gasteiger partial charge is 0.508 e. The first-order valence-electron chi connectivity index (χ1n) is 10.8. The van der Waals surface area contributed by atoms with Crippen LogP contribution in [0.4, 0.5) is 11.4 Å². The van der Waals surface area contributed by atoms with Crippen LogP contribution < -0.4 is 16.4 Å². The summed E-state index contributed by atoms with van der Waals surface area (Å²) < 4.78 is 0.574. The number of carbonyl (C=O) groups excluding carboxylic acids is 3. The molecule has 1 aromatic rings. The predicted octanol–water partition coefficient (Wildman–Crippen LogP) is 0.217. The lowest BCUT2D eigenvalue weighted by Gasteiger charge is -2.50. The molecule has 0 heterocycles. The van der Waals surface area contributed by atoms with Crippen molar-refractivity contribution in [2.45, 2.75) is 24.5 Å². The number of hydrogen-bond acceptors (Lipinski definition) is 10. The van der Waals surface area contributed by atoms with Crippen LogP contribution in [0.25, 0.3) is 5.76 Å². The lowest BCUT2D eigenvalue weighted by molar-refractivity contribution is -0.153. The third-order valence-electron chi connectivity index (χ3n) is 7.28. The highest BCUT2D eigenvalue weighted by Gasteiger charge is 2.64. The van der Waals surface area contributed by atoms with Gasteiger partial charge in [0, 0.05) is 25.6 Å². The number of nitrogen functional groups attached to an aromatic ring is 1. The number of primary amides is 1. The number of aromatic hydroxyl groups is 1. The van der Waals surface area contributed by atoms with E-state index in [2.05, 4.69) is 0 Å². The number of rotatable bonds is 3. The van der Waals surface area contributed by atoms with E-state index in [0.29, 0.717) is 14.8 Å². The number of phenolic OH excluding ortho intramolecular Hbond substituents is 1. The van der Waals surface area contributed by atoms with E-state index in [-0.39, 0.29) is 29.7 Å². The third kappa shape index (κ3) is 3.19. The van der Waals surface area contributed by atoms with Gasteiger partial charge in [0.2, 0.25) is 5.78 Å². The summed E-state index contributed by atoms with van der Waals surface area (Å²) >= 11 is 2.00. The first kappa shape index (κ1) is 25.3. The minimum atomic E-state index is -2.67. The minimum absolute atomic E-state index is 0.0215. The molecule has 1 aromatic carbocycles. The summed E-state index contributed by atoms with van der Waals surface area (Å²) in [5.74, 6) is -6.96. The Bertz CT molecular complexity index is 1270. The molecule has 1 fully saturated rings. The van der Waals surface area contributed by atoms with Crippen molar-refractivity contribution in [3.8, 4) is 5.75 Å². The summed E-state index contributed by atoms with van der Waals surface area (Å²) in [4.78, 5) is 42.2. The Morgan fingerprint density at radius 2 is 1.74 bits per heavy atom. The number of fused-ring (bicyclic) bond motifs is 3. The van der Waals surface area contributed by atoms with Crippen molar-refractivity contribution >= 4 is 57.2 Å². The zero-order chi connectivity index (χ0) is 26.3. The molecule has 0 aromatic heterocycles. The number of aliphatic hydroxyl groups is 3. The van der Waals surface area contributed by atoms with Gasteiger partial charge in [-0.05, 0) is 61.0 Å². The number of nitrogens with two attached hydrogens (primary N) is 2. The van der Waals surface area contributed by atoms with E-state index in [1.807, 2.05) is 22.6 Å². The molecule has 4 rings (SSSR count). The summed E-state index contributed by atoms with van der Waals surface area (Å²) in [6, 6.07) is -1.12. The number of likely N-dealkylation sites (N-methyl/N-ethyl adjacent to an activating group) is 1. The molecule has 12 heteroatoms. The lowest BCUT2D eigenvalue weighted by atomic mass is 9.57. The SMILES string of the molecule is CN(C)c1c(I)c(N)c(O)c2c1CC1CC3C(N(C)C)C(=O)C(C(N)=O)=C(O)C3(O)C(=O)C1=C2O. The summed E-state index contributed by atoms with van der Waals surface area (Å²) in [5.41, 5.74) is 8.92. The van der Waals surface area contributed by atoms with Crippen LogP contribution >= 0.6 is 22.6 Å². The number of nitrogens with zero attached hydrogens (tertiary/aromatic N) is 2. The van der Waals surface area contributed by atoms with Crippen LogP contribution in [0.15, 0.2) is 16.9 Å². The number of anilines is 2. The van der Waals surface area contributed by atoms with E-state index >= 15 is 0 Å². The number of Topliss-reactive ketones (excluding diaryl/α,β-unsaturated/α-hetero) is 2. The molecule has 4 unspecified atom stereocenters. The van der Waals surface area contributed by atoms with Crippen molar-refractivity contribution in [3.63, 3.8) is 0 Å². The van der Waals surface area contributed by atoms with E-state index in [9.17, 15) is 34.8 Å². The second-order valence-electron chi connectivity index (χ2n) is 9.63. The Balaban J connectivity index is 2.03. The van der Waals surface area contributed by atoms with Gasteiger partial charge in [-0.2, -0.15) is 0 Å². The third-order valence-corrected chi connectivity index (χ3v) is 8.38. The second kappa shape index (κ2) is 8.10. The Hall–Kier alpha value is -2.84. The van der Waals surface area contributed by atoms with Crippen molar-refractivity contribution in [2.24, 2.45) is 17.6 Å².